The van der Waals surface area contributed by atoms with Gasteiger partial charge in [0.2, 0.25) is 0 Å². The third kappa shape index (κ3) is 3.06. The van der Waals surface area contributed by atoms with E-state index in [-0.39, 0.29) is 0 Å². The van der Waals surface area contributed by atoms with Crippen LogP contribution in [0.1, 0.15) is 5.56 Å². The topological polar surface area (TPSA) is 52.5 Å². The molecule has 1 rings (SSSR count). The number of rotatable bonds is 2. The van der Waals surface area contributed by atoms with E-state index in [1.165, 1.54) is 6.21 Å². The molecule has 0 saturated heterocycles. The van der Waals surface area contributed by atoms with Crippen LogP contribution in [0.25, 0.3) is 0 Å². The molecule has 0 radical (unpaired) electrons. The van der Waals surface area contributed by atoms with Crippen LogP contribution in [-0.2, 0) is 11.3 Å². The zero-order chi connectivity index (χ0) is 8.10. The van der Waals surface area contributed by atoms with E-state index in [0.717, 1.165) is 5.56 Å². The fraction of sp³-hybridized carbons (Fsp3) is 0. The second-order valence-corrected chi connectivity index (χ2v) is 2.51. The SMILES string of the molecule is O=S([O-])N=Cc1ccccc1. The van der Waals surface area contributed by atoms with Crippen LogP contribution < -0.4 is 0 Å². The maximum Gasteiger partial charge on any atom is 0.0676 e. The third-order valence-electron chi connectivity index (χ3n) is 1.09. The zero-order valence-corrected chi connectivity index (χ0v) is 6.45. The van der Waals surface area contributed by atoms with Gasteiger partial charge in [-0.15, -0.1) is 0 Å². The Bertz CT molecular complexity index is 271. The first kappa shape index (κ1) is 8.10. The Balaban J connectivity index is 2.72. The number of nitrogens with zero attached hydrogens (tertiary/aromatic N) is 1. The van der Waals surface area contributed by atoms with Crippen molar-refractivity contribution in [2.24, 2.45) is 4.40 Å². The highest BCUT2D eigenvalue weighted by Crippen LogP contribution is 1.93. The maximum atomic E-state index is 9.97. The van der Waals surface area contributed by atoms with Crippen LogP contribution in [0.2, 0.25) is 0 Å². The molecule has 1 unspecified atom stereocenters. The normalized spacial score (nSPS) is 13.5. The molecule has 0 amide bonds. The van der Waals surface area contributed by atoms with Gasteiger partial charge in [0, 0.05) is 6.21 Å². The van der Waals surface area contributed by atoms with Gasteiger partial charge in [-0.2, -0.15) is 0 Å². The molecule has 0 aromatic heterocycles. The van der Waals surface area contributed by atoms with Gasteiger partial charge in [-0.3, -0.25) is 4.21 Å². The van der Waals surface area contributed by atoms with Crippen LogP contribution >= 0.6 is 0 Å². The lowest BCUT2D eigenvalue weighted by atomic mass is 10.2. The lowest BCUT2D eigenvalue weighted by molar-refractivity contribution is 0.539. The predicted molar refractivity (Wildman–Crippen MR) is 43.0 cm³/mol. The molecule has 1 aromatic rings. The van der Waals surface area contributed by atoms with Crippen molar-refractivity contribution in [3.63, 3.8) is 0 Å². The van der Waals surface area contributed by atoms with Crippen molar-refractivity contribution in [2.45, 2.75) is 0 Å². The molecule has 0 spiro atoms. The summed E-state index contributed by atoms with van der Waals surface area (Å²) in [5, 5.41) is 0. The molecule has 0 heterocycles. The molecule has 0 N–H and O–H groups in total. The molecule has 0 bridgehead atoms. The first-order chi connectivity index (χ1) is 5.29. The summed E-state index contributed by atoms with van der Waals surface area (Å²) >= 11 is -2.35. The lowest BCUT2D eigenvalue weighted by Crippen LogP contribution is -1.83. The van der Waals surface area contributed by atoms with Crippen molar-refractivity contribution in [3.8, 4) is 0 Å². The van der Waals surface area contributed by atoms with Crippen LogP contribution in [0.5, 0.6) is 0 Å². The molecule has 0 aliphatic rings. The minimum Gasteiger partial charge on any atom is -0.754 e. The van der Waals surface area contributed by atoms with Gasteiger partial charge >= 0.3 is 0 Å². The van der Waals surface area contributed by atoms with Crippen LogP contribution in [0, 0.1) is 0 Å². The Morgan fingerprint density at radius 1 is 1.36 bits per heavy atom. The molecule has 4 heteroatoms. The van der Waals surface area contributed by atoms with Crippen LogP contribution in [0.15, 0.2) is 34.7 Å². The molecule has 0 aliphatic heterocycles. The summed E-state index contributed by atoms with van der Waals surface area (Å²) in [6, 6.07) is 9.03. The van der Waals surface area contributed by atoms with Gasteiger partial charge in [0.1, 0.15) is 0 Å². The second-order valence-electron chi connectivity index (χ2n) is 1.86. The van der Waals surface area contributed by atoms with Gasteiger partial charge in [0.25, 0.3) is 0 Å². The smallest absolute Gasteiger partial charge is 0.0676 e. The molecule has 3 nitrogen and oxygen atoms in total. The summed E-state index contributed by atoms with van der Waals surface area (Å²) < 4.78 is 23.1. The molecular formula is C7H6NO2S-. The average molecular weight is 168 g/mol. The lowest BCUT2D eigenvalue weighted by Gasteiger charge is -1.93. The van der Waals surface area contributed by atoms with E-state index in [0.29, 0.717) is 0 Å². The fourth-order valence-electron chi connectivity index (χ4n) is 0.643. The van der Waals surface area contributed by atoms with Crippen molar-refractivity contribution in [2.75, 3.05) is 0 Å². The summed E-state index contributed by atoms with van der Waals surface area (Å²) in [5.74, 6) is 0. The van der Waals surface area contributed by atoms with E-state index in [1.54, 1.807) is 12.1 Å². The summed E-state index contributed by atoms with van der Waals surface area (Å²) in [6.07, 6.45) is 1.29. The standard InChI is InChI=1S/C7H7NO2S/c9-11(10)8-6-7-4-2-1-3-5-7/h1-6H,(H,9,10)/p-1. The summed E-state index contributed by atoms with van der Waals surface area (Å²) in [6.45, 7) is 0. The molecule has 0 aliphatic carbocycles. The zero-order valence-electron chi connectivity index (χ0n) is 5.64. The highest BCUT2D eigenvalue weighted by Gasteiger charge is 1.81. The van der Waals surface area contributed by atoms with Gasteiger partial charge < -0.3 is 4.55 Å². The third-order valence-corrected chi connectivity index (χ3v) is 1.36. The highest BCUT2D eigenvalue weighted by molar-refractivity contribution is 7.77. The maximum absolute atomic E-state index is 9.97. The number of benzene rings is 1. The molecular weight excluding hydrogens is 162 g/mol. The van der Waals surface area contributed by atoms with E-state index in [4.69, 9.17) is 0 Å². The van der Waals surface area contributed by atoms with Gasteiger partial charge in [0.15, 0.2) is 0 Å². The van der Waals surface area contributed by atoms with Crippen molar-refractivity contribution in [1.82, 2.24) is 0 Å². The molecule has 11 heavy (non-hydrogen) atoms. The Labute approximate surface area is 67.2 Å². The van der Waals surface area contributed by atoms with Crippen molar-refractivity contribution in [3.05, 3.63) is 35.9 Å². The Morgan fingerprint density at radius 2 is 2.00 bits per heavy atom. The molecule has 1 aromatic carbocycles. The van der Waals surface area contributed by atoms with Crippen LogP contribution in [0.4, 0.5) is 0 Å². The highest BCUT2D eigenvalue weighted by atomic mass is 32.2. The minimum absolute atomic E-state index is 0.775. The summed E-state index contributed by atoms with van der Waals surface area (Å²) in [4.78, 5) is 0. The van der Waals surface area contributed by atoms with Crippen LogP contribution in [-0.4, -0.2) is 15.0 Å². The summed E-state index contributed by atoms with van der Waals surface area (Å²) in [7, 11) is 0. The van der Waals surface area contributed by atoms with Gasteiger partial charge in [-0.05, 0) is 5.56 Å². The number of hydrogen-bond acceptors (Lipinski definition) is 2. The first-order valence-electron chi connectivity index (χ1n) is 2.97. The van der Waals surface area contributed by atoms with E-state index in [2.05, 4.69) is 4.40 Å². The van der Waals surface area contributed by atoms with E-state index in [9.17, 15) is 8.76 Å². The number of hydrogen-bond donors (Lipinski definition) is 0. The van der Waals surface area contributed by atoms with Crippen molar-refractivity contribution in [1.29, 1.82) is 0 Å². The van der Waals surface area contributed by atoms with Gasteiger partial charge in [-0.1, -0.05) is 30.3 Å². The van der Waals surface area contributed by atoms with E-state index in [1.807, 2.05) is 18.2 Å². The minimum atomic E-state index is -2.35. The summed E-state index contributed by atoms with van der Waals surface area (Å²) in [5.41, 5.74) is 0.775. The van der Waals surface area contributed by atoms with E-state index >= 15 is 0 Å². The van der Waals surface area contributed by atoms with Crippen molar-refractivity contribution >= 4 is 17.5 Å². The second kappa shape index (κ2) is 4.00. The quantitative estimate of drug-likeness (QED) is 0.486. The largest absolute Gasteiger partial charge is 0.754 e. The average Bonchev–Trinajstić information content (AvgIpc) is 2.03. The monoisotopic (exact) mass is 168 g/mol. The van der Waals surface area contributed by atoms with Crippen LogP contribution in [0.3, 0.4) is 0 Å². The van der Waals surface area contributed by atoms with Crippen molar-refractivity contribution < 1.29 is 8.76 Å². The molecule has 58 valence electrons. The molecule has 0 saturated carbocycles. The van der Waals surface area contributed by atoms with Gasteiger partial charge in [0.05, 0.1) is 11.3 Å². The molecule has 0 fully saturated rings. The molecule has 1 atom stereocenters. The fourth-order valence-corrected chi connectivity index (χ4v) is 0.851. The Kier molecular flexibility index (Phi) is 2.95. The first-order valence-corrected chi connectivity index (χ1v) is 4.01. The Hall–Kier alpha value is -1.00. The predicted octanol–water partition coefficient (Wildman–Crippen LogP) is 0.900. The van der Waals surface area contributed by atoms with E-state index < -0.39 is 11.3 Å². The Morgan fingerprint density at radius 3 is 2.55 bits per heavy atom. The van der Waals surface area contributed by atoms with Gasteiger partial charge in [-0.25, -0.2) is 4.40 Å².